The minimum absolute atomic E-state index is 0.313. The van der Waals surface area contributed by atoms with Crippen LogP contribution in [0.15, 0.2) is 41.4 Å². The zero-order valence-corrected chi connectivity index (χ0v) is 18.1. The molecule has 7 heteroatoms. The molecule has 0 fully saturated rings. The van der Waals surface area contributed by atoms with Crippen molar-refractivity contribution in [3.8, 4) is 29.6 Å². The van der Waals surface area contributed by atoms with Gasteiger partial charge < -0.3 is 18.8 Å². The van der Waals surface area contributed by atoms with Gasteiger partial charge in [0, 0.05) is 5.56 Å². The molecule has 0 aliphatic carbocycles. The van der Waals surface area contributed by atoms with Crippen molar-refractivity contribution in [2.75, 3.05) is 19.8 Å². The predicted molar refractivity (Wildman–Crippen MR) is 118 cm³/mol. The maximum atomic E-state index is 12.9. The van der Waals surface area contributed by atoms with Gasteiger partial charge in [0.25, 0.3) is 5.91 Å². The van der Waals surface area contributed by atoms with Crippen LogP contribution in [0.1, 0.15) is 31.1 Å². The van der Waals surface area contributed by atoms with Crippen LogP contribution in [0, 0.1) is 12.3 Å². The van der Waals surface area contributed by atoms with Crippen LogP contribution in [0.3, 0.4) is 0 Å². The zero-order chi connectivity index (χ0) is 21.5. The molecule has 1 amide bonds. The van der Waals surface area contributed by atoms with E-state index in [4.69, 9.17) is 20.6 Å². The topological polar surface area (TPSA) is 62.1 Å². The fraction of sp³-hybridized carbons (Fsp3) is 0.304. The van der Waals surface area contributed by atoms with Crippen molar-refractivity contribution in [1.29, 1.82) is 0 Å². The first-order valence-electron chi connectivity index (χ1n) is 9.79. The van der Waals surface area contributed by atoms with Crippen LogP contribution >= 0.6 is 11.3 Å². The summed E-state index contributed by atoms with van der Waals surface area (Å²) in [5.41, 5.74) is 1.33. The SMILES string of the molecule is C#CCn1c(=NC(=O)c2ccc(OCC)c(OCC)c2)sc2cc(OCC)ccc21. The molecule has 30 heavy (non-hydrogen) atoms. The average Bonchev–Trinajstić information content (AvgIpc) is 3.06. The van der Waals surface area contributed by atoms with E-state index >= 15 is 0 Å². The highest BCUT2D eigenvalue weighted by molar-refractivity contribution is 7.16. The normalized spacial score (nSPS) is 11.3. The number of aromatic nitrogens is 1. The van der Waals surface area contributed by atoms with Gasteiger partial charge in [-0.15, -0.1) is 6.42 Å². The lowest BCUT2D eigenvalue weighted by molar-refractivity contribution is 0.0997. The van der Waals surface area contributed by atoms with E-state index in [9.17, 15) is 4.79 Å². The maximum absolute atomic E-state index is 12.9. The Labute approximate surface area is 179 Å². The van der Waals surface area contributed by atoms with Gasteiger partial charge >= 0.3 is 0 Å². The van der Waals surface area contributed by atoms with Gasteiger partial charge in [-0.3, -0.25) is 4.79 Å². The van der Waals surface area contributed by atoms with Gasteiger partial charge in [0.05, 0.1) is 36.6 Å². The molecule has 1 heterocycles. The van der Waals surface area contributed by atoms with Crippen molar-refractivity contribution in [1.82, 2.24) is 4.57 Å². The van der Waals surface area contributed by atoms with Gasteiger partial charge in [0.15, 0.2) is 16.3 Å². The molecule has 156 valence electrons. The van der Waals surface area contributed by atoms with Crippen molar-refractivity contribution in [3.05, 3.63) is 46.8 Å². The van der Waals surface area contributed by atoms with Crippen molar-refractivity contribution < 1.29 is 19.0 Å². The fourth-order valence-corrected chi connectivity index (χ4v) is 4.03. The summed E-state index contributed by atoms with van der Waals surface area (Å²) in [6.45, 7) is 7.58. The van der Waals surface area contributed by atoms with Crippen LogP contribution in [0.25, 0.3) is 10.2 Å². The number of rotatable bonds is 8. The molecule has 0 bridgehead atoms. The van der Waals surface area contributed by atoms with Crippen LogP contribution < -0.4 is 19.0 Å². The Morgan fingerprint density at radius 1 is 1.03 bits per heavy atom. The lowest BCUT2D eigenvalue weighted by atomic mass is 10.2. The van der Waals surface area contributed by atoms with E-state index < -0.39 is 0 Å². The Bertz CT molecular complexity index is 1150. The summed E-state index contributed by atoms with van der Waals surface area (Å²) in [7, 11) is 0. The summed E-state index contributed by atoms with van der Waals surface area (Å²) in [6, 6.07) is 10.8. The second kappa shape index (κ2) is 9.99. The molecule has 0 aliphatic rings. The number of thiazole rings is 1. The number of hydrogen-bond acceptors (Lipinski definition) is 5. The molecule has 1 aromatic heterocycles. The van der Waals surface area contributed by atoms with Crippen molar-refractivity contribution in [2.45, 2.75) is 27.3 Å². The van der Waals surface area contributed by atoms with E-state index in [0.717, 1.165) is 16.0 Å². The molecule has 0 N–H and O–H groups in total. The van der Waals surface area contributed by atoms with Crippen LogP contribution in [0.4, 0.5) is 0 Å². The number of amides is 1. The molecule has 6 nitrogen and oxygen atoms in total. The molecule has 0 spiro atoms. The van der Waals surface area contributed by atoms with E-state index in [2.05, 4.69) is 10.9 Å². The number of hydrogen-bond donors (Lipinski definition) is 0. The standard InChI is InChI=1S/C23H24N2O4S/c1-5-13-25-18-11-10-17(27-6-2)15-21(18)30-23(25)24-22(26)16-9-12-19(28-7-3)20(14-16)29-8-4/h1,9-12,14-15H,6-8,13H2,2-4H3. The van der Waals surface area contributed by atoms with Gasteiger partial charge in [-0.2, -0.15) is 4.99 Å². The van der Waals surface area contributed by atoms with Gasteiger partial charge in [-0.05, 0) is 57.2 Å². The van der Waals surface area contributed by atoms with Gasteiger partial charge in [0.1, 0.15) is 5.75 Å². The molecule has 0 unspecified atom stereocenters. The third kappa shape index (κ3) is 4.66. The van der Waals surface area contributed by atoms with E-state index in [1.165, 1.54) is 11.3 Å². The number of carbonyl (C=O) groups excluding carboxylic acids is 1. The number of carbonyl (C=O) groups is 1. The first-order valence-corrected chi connectivity index (χ1v) is 10.6. The molecule has 0 radical (unpaired) electrons. The number of terminal acetylenes is 1. The Morgan fingerprint density at radius 3 is 2.47 bits per heavy atom. The quantitative estimate of drug-likeness (QED) is 0.507. The Hall–Kier alpha value is -3.24. The third-order valence-electron chi connectivity index (χ3n) is 4.20. The Kier molecular flexibility index (Phi) is 7.15. The van der Waals surface area contributed by atoms with Crippen LogP contribution in [-0.2, 0) is 6.54 Å². The zero-order valence-electron chi connectivity index (χ0n) is 17.3. The molecule has 0 saturated carbocycles. The molecule has 0 atom stereocenters. The van der Waals surface area contributed by atoms with E-state index in [1.54, 1.807) is 18.2 Å². The molecule has 0 saturated heterocycles. The Balaban J connectivity index is 2.05. The highest BCUT2D eigenvalue weighted by atomic mass is 32.1. The molecule has 3 rings (SSSR count). The summed E-state index contributed by atoms with van der Waals surface area (Å²) >= 11 is 1.40. The summed E-state index contributed by atoms with van der Waals surface area (Å²) in [5.74, 6) is 4.15. The largest absolute Gasteiger partial charge is 0.494 e. The summed E-state index contributed by atoms with van der Waals surface area (Å²) in [4.78, 5) is 17.8. The van der Waals surface area contributed by atoms with E-state index in [0.29, 0.717) is 48.2 Å². The number of benzene rings is 2. The molecule has 3 aromatic rings. The van der Waals surface area contributed by atoms with Crippen LogP contribution in [-0.4, -0.2) is 30.3 Å². The minimum Gasteiger partial charge on any atom is -0.494 e. The van der Waals surface area contributed by atoms with Crippen molar-refractivity contribution >= 4 is 27.5 Å². The fourth-order valence-electron chi connectivity index (χ4n) is 2.97. The van der Waals surface area contributed by atoms with Crippen LogP contribution in [0.5, 0.6) is 17.2 Å². The lowest BCUT2D eigenvalue weighted by Gasteiger charge is -2.11. The smallest absolute Gasteiger partial charge is 0.279 e. The summed E-state index contributed by atoms with van der Waals surface area (Å²) in [6.07, 6.45) is 5.55. The monoisotopic (exact) mass is 424 g/mol. The summed E-state index contributed by atoms with van der Waals surface area (Å²) < 4.78 is 19.6. The maximum Gasteiger partial charge on any atom is 0.279 e. The van der Waals surface area contributed by atoms with E-state index in [1.807, 2.05) is 43.5 Å². The second-order valence-corrected chi connectivity index (χ2v) is 7.19. The first-order chi connectivity index (χ1) is 14.6. The van der Waals surface area contributed by atoms with E-state index in [-0.39, 0.29) is 5.91 Å². The third-order valence-corrected chi connectivity index (χ3v) is 5.24. The average molecular weight is 425 g/mol. The molecular formula is C23H24N2O4S. The Morgan fingerprint density at radius 2 is 1.77 bits per heavy atom. The molecular weight excluding hydrogens is 400 g/mol. The molecule has 0 aliphatic heterocycles. The van der Waals surface area contributed by atoms with Gasteiger partial charge in [-0.25, -0.2) is 0 Å². The summed E-state index contributed by atoms with van der Waals surface area (Å²) in [5, 5.41) is 0. The lowest BCUT2D eigenvalue weighted by Crippen LogP contribution is -2.16. The highest BCUT2D eigenvalue weighted by Crippen LogP contribution is 2.29. The van der Waals surface area contributed by atoms with Crippen LogP contribution in [0.2, 0.25) is 0 Å². The van der Waals surface area contributed by atoms with Gasteiger partial charge in [-0.1, -0.05) is 17.3 Å². The minimum atomic E-state index is -0.374. The van der Waals surface area contributed by atoms with Crippen molar-refractivity contribution in [3.63, 3.8) is 0 Å². The first kappa shape index (κ1) is 21.5. The number of fused-ring (bicyclic) bond motifs is 1. The predicted octanol–water partition coefficient (Wildman–Crippen LogP) is 4.27. The number of ether oxygens (including phenoxy) is 3. The highest BCUT2D eigenvalue weighted by Gasteiger charge is 2.13. The number of nitrogens with zero attached hydrogens (tertiary/aromatic N) is 2. The second-order valence-electron chi connectivity index (χ2n) is 6.18. The van der Waals surface area contributed by atoms with Crippen molar-refractivity contribution in [2.24, 2.45) is 4.99 Å². The van der Waals surface area contributed by atoms with Gasteiger partial charge in [0.2, 0.25) is 0 Å². The molecule has 2 aromatic carbocycles.